The van der Waals surface area contributed by atoms with Gasteiger partial charge in [0.25, 0.3) is 0 Å². The molecular weight excluding hydrogens is 172 g/mol. The lowest BCUT2D eigenvalue weighted by Gasteiger charge is -2.05. The Hall–Kier alpha value is -0.950. The molecule has 3 nitrogen and oxygen atoms in total. The Bertz CT molecular complexity index is 236. The van der Waals surface area contributed by atoms with Crippen LogP contribution in [-0.4, -0.2) is 16.6 Å². The second kappa shape index (κ2) is 5.67. The van der Waals surface area contributed by atoms with Crippen LogP contribution in [0.3, 0.4) is 0 Å². The summed E-state index contributed by atoms with van der Waals surface area (Å²) in [4.78, 5) is 0. The van der Waals surface area contributed by atoms with Crippen molar-refractivity contribution in [3.05, 3.63) is 11.3 Å². The quantitative estimate of drug-likeness (QED) is 0.400. The van der Waals surface area contributed by atoms with Crippen LogP contribution in [0, 0.1) is 16.1 Å². The number of thioether (sulfide) groups is 1. The first-order valence-corrected chi connectivity index (χ1v) is 4.59. The maximum absolute atomic E-state index is 9.16. The average Bonchev–Trinajstić information content (AvgIpc) is 2.04. The molecule has 0 aromatic heterocycles. The van der Waals surface area contributed by atoms with Gasteiger partial charge in [-0.3, -0.25) is 0 Å². The molecular formula is C8H12N2OS. The summed E-state index contributed by atoms with van der Waals surface area (Å²) < 4.78 is 0. The van der Waals surface area contributed by atoms with Gasteiger partial charge in [0, 0.05) is 17.0 Å². The Kier molecular flexibility index (Phi) is 5.22. The first kappa shape index (κ1) is 11.1. The van der Waals surface area contributed by atoms with E-state index in [0.717, 1.165) is 11.8 Å². The van der Waals surface area contributed by atoms with Crippen molar-refractivity contribution in [2.75, 3.05) is 5.75 Å². The zero-order valence-electron chi connectivity index (χ0n) is 7.22. The molecule has 0 bridgehead atoms. The molecule has 0 unspecified atom stereocenters. The smallest absolute Gasteiger partial charge is 0.133 e. The van der Waals surface area contributed by atoms with E-state index in [2.05, 4.69) is 0 Å². The van der Waals surface area contributed by atoms with Crippen molar-refractivity contribution in [2.24, 2.45) is 0 Å². The summed E-state index contributed by atoms with van der Waals surface area (Å²) in [5.41, 5.74) is 0.974. The normalized spacial score (nSPS) is 11.8. The molecule has 0 saturated heterocycles. The molecule has 0 aliphatic carbocycles. The second-order valence-electron chi connectivity index (χ2n) is 2.28. The van der Waals surface area contributed by atoms with Crippen LogP contribution in [0.4, 0.5) is 0 Å². The standard InChI is InChI=1S/C8H12N2OS/c1-3-8(10)7(6(2)11)4-12-5-9/h10-11H,3-4H2,1-2H3/b7-6-,10-8?. The fourth-order valence-electron chi connectivity index (χ4n) is 0.728. The lowest BCUT2D eigenvalue weighted by molar-refractivity contribution is 0.410. The van der Waals surface area contributed by atoms with Crippen LogP contribution in [0.5, 0.6) is 0 Å². The molecule has 66 valence electrons. The van der Waals surface area contributed by atoms with Gasteiger partial charge in [-0.15, -0.1) is 0 Å². The summed E-state index contributed by atoms with van der Waals surface area (Å²) in [7, 11) is 0. The number of aliphatic hydroxyl groups excluding tert-OH is 1. The molecule has 0 aliphatic rings. The third kappa shape index (κ3) is 3.44. The zero-order valence-corrected chi connectivity index (χ0v) is 8.03. The highest BCUT2D eigenvalue weighted by molar-refractivity contribution is 8.03. The molecule has 12 heavy (non-hydrogen) atoms. The van der Waals surface area contributed by atoms with Crippen LogP contribution in [0.15, 0.2) is 11.3 Å². The van der Waals surface area contributed by atoms with Crippen molar-refractivity contribution in [3.63, 3.8) is 0 Å². The van der Waals surface area contributed by atoms with Gasteiger partial charge in [0.15, 0.2) is 0 Å². The van der Waals surface area contributed by atoms with Gasteiger partial charge in [-0.05, 0) is 25.1 Å². The van der Waals surface area contributed by atoms with E-state index in [1.54, 1.807) is 0 Å². The minimum Gasteiger partial charge on any atom is -0.512 e. The molecule has 0 radical (unpaired) electrons. The molecule has 0 heterocycles. The summed E-state index contributed by atoms with van der Waals surface area (Å²) in [6.07, 6.45) is 0.583. The monoisotopic (exact) mass is 184 g/mol. The van der Waals surface area contributed by atoms with Crippen LogP contribution in [-0.2, 0) is 0 Å². The average molecular weight is 184 g/mol. The van der Waals surface area contributed by atoms with E-state index in [4.69, 9.17) is 15.8 Å². The van der Waals surface area contributed by atoms with Crippen molar-refractivity contribution in [1.82, 2.24) is 0 Å². The Morgan fingerprint density at radius 2 is 2.25 bits per heavy atom. The van der Waals surface area contributed by atoms with Gasteiger partial charge in [-0.1, -0.05) is 6.92 Å². The summed E-state index contributed by atoms with van der Waals surface area (Å²) >= 11 is 1.04. The minimum absolute atomic E-state index is 0.143. The lowest BCUT2D eigenvalue weighted by Crippen LogP contribution is -2.04. The highest BCUT2D eigenvalue weighted by Gasteiger charge is 2.06. The van der Waals surface area contributed by atoms with Crippen molar-refractivity contribution >= 4 is 17.5 Å². The Balaban J connectivity index is 4.39. The first-order valence-electron chi connectivity index (χ1n) is 3.60. The molecule has 4 heteroatoms. The highest BCUT2D eigenvalue weighted by Crippen LogP contribution is 2.12. The number of hydrogen-bond donors (Lipinski definition) is 2. The maximum atomic E-state index is 9.16. The summed E-state index contributed by atoms with van der Waals surface area (Å²) in [6, 6.07) is 0. The van der Waals surface area contributed by atoms with E-state index >= 15 is 0 Å². The maximum Gasteiger partial charge on any atom is 0.133 e. The predicted octanol–water partition coefficient (Wildman–Crippen LogP) is 2.46. The Morgan fingerprint density at radius 1 is 1.67 bits per heavy atom. The fourth-order valence-corrected chi connectivity index (χ4v) is 1.32. The van der Waals surface area contributed by atoms with Gasteiger partial charge in [0.2, 0.25) is 0 Å². The molecule has 2 N–H and O–H groups in total. The van der Waals surface area contributed by atoms with Crippen LogP contribution >= 0.6 is 11.8 Å². The number of nitrogens with one attached hydrogen (secondary N) is 1. The molecule has 0 rings (SSSR count). The molecule has 0 amide bonds. The number of hydrogen-bond acceptors (Lipinski definition) is 4. The largest absolute Gasteiger partial charge is 0.512 e. The molecule has 0 saturated carbocycles. The SMILES string of the molecule is CCC(=N)/C(CSC#N)=C(/C)O. The van der Waals surface area contributed by atoms with Gasteiger partial charge < -0.3 is 10.5 Å². The van der Waals surface area contributed by atoms with E-state index in [9.17, 15) is 0 Å². The van der Waals surface area contributed by atoms with Crippen LogP contribution in [0.2, 0.25) is 0 Å². The van der Waals surface area contributed by atoms with Gasteiger partial charge in [0.05, 0.1) is 5.76 Å². The number of nitrogens with zero attached hydrogens (tertiary/aromatic N) is 1. The third-order valence-corrected chi connectivity index (χ3v) is 2.00. The highest BCUT2D eigenvalue weighted by atomic mass is 32.2. The van der Waals surface area contributed by atoms with Gasteiger partial charge in [-0.25, -0.2) is 0 Å². The first-order chi connectivity index (χ1) is 5.63. The Labute approximate surface area is 76.6 Å². The summed E-state index contributed by atoms with van der Waals surface area (Å²) in [5.74, 6) is 0.538. The summed E-state index contributed by atoms with van der Waals surface area (Å²) in [6.45, 7) is 3.39. The molecule has 0 spiro atoms. The number of thiocyanates is 1. The summed E-state index contributed by atoms with van der Waals surface area (Å²) in [5, 5.41) is 26.8. The van der Waals surface area contributed by atoms with Gasteiger partial charge >= 0.3 is 0 Å². The molecule has 0 fully saturated rings. The van der Waals surface area contributed by atoms with Crippen LogP contribution in [0.25, 0.3) is 0 Å². The van der Waals surface area contributed by atoms with Crippen molar-refractivity contribution in [1.29, 1.82) is 10.7 Å². The molecule has 0 atom stereocenters. The van der Waals surface area contributed by atoms with Crippen molar-refractivity contribution < 1.29 is 5.11 Å². The zero-order chi connectivity index (χ0) is 9.56. The van der Waals surface area contributed by atoms with E-state index in [-0.39, 0.29) is 5.76 Å². The number of allylic oxidation sites excluding steroid dienone is 1. The van der Waals surface area contributed by atoms with Crippen molar-refractivity contribution in [3.8, 4) is 5.40 Å². The number of nitriles is 1. The van der Waals surface area contributed by atoms with Gasteiger partial charge in [-0.2, -0.15) is 5.26 Å². The van der Waals surface area contributed by atoms with E-state index in [1.165, 1.54) is 6.92 Å². The molecule has 0 aromatic carbocycles. The van der Waals surface area contributed by atoms with Crippen LogP contribution < -0.4 is 0 Å². The van der Waals surface area contributed by atoms with Crippen LogP contribution in [0.1, 0.15) is 20.3 Å². The second-order valence-corrected chi connectivity index (χ2v) is 3.04. The third-order valence-electron chi connectivity index (χ3n) is 1.44. The number of aliphatic hydroxyl groups is 1. The minimum atomic E-state index is 0.143. The fraction of sp³-hybridized carbons (Fsp3) is 0.500. The van der Waals surface area contributed by atoms with Gasteiger partial charge in [0.1, 0.15) is 5.40 Å². The number of rotatable bonds is 4. The molecule has 0 aliphatic heterocycles. The predicted molar refractivity (Wildman–Crippen MR) is 51.4 cm³/mol. The van der Waals surface area contributed by atoms with Crippen molar-refractivity contribution in [2.45, 2.75) is 20.3 Å². The van der Waals surface area contributed by atoms with E-state index in [1.807, 2.05) is 12.3 Å². The molecule has 0 aromatic rings. The topological polar surface area (TPSA) is 67.9 Å². The Morgan fingerprint density at radius 3 is 2.58 bits per heavy atom. The van der Waals surface area contributed by atoms with E-state index < -0.39 is 0 Å². The lowest BCUT2D eigenvalue weighted by atomic mass is 10.1. The van der Waals surface area contributed by atoms with E-state index in [0.29, 0.717) is 23.5 Å².